The number of rotatable bonds is 8. The molecule has 1 saturated heterocycles. The van der Waals surface area contributed by atoms with E-state index in [-0.39, 0.29) is 12.3 Å². The number of unbranched alkanes of at least 4 members (excludes halogenated alkanes) is 2. The van der Waals surface area contributed by atoms with Gasteiger partial charge in [0.05, 0.1) is 4.91 Å². The number of carboxylic acid groups (broad SMARTS) is 1. The minimum absolute atomic E-state index is 0.113. The first-order valence-electron chi connectivity index (χ1n) is 9.38. The molecule has 0 saturated carbocycles. The van der Waals surface area contributed by atoms with Crippen molar-refractivity contribution in [3.63, 3.8) is 0 Å². The molecular formula is C22H19Cl2NO3S2. The number of carboxylic acids is 1. The van der Waals surface area contributed by atoms with Crippen molar-refractivity contribution in [2.24, 2.45) is 0 Å². The van der Waals surface area contributed by atoms with Crippen LogP contribution in [0.2, 0.25) is 10.0 Å². The Morgan fingerprint density at radius 2 is 1.93 bits per heavy atom. The molecule has 0 atom stereocenters. The summed E-state index contributed by atoms with van der Waals surface area (Å²) in [4.78, 5) is 25.5. The predicted molar refractivity (Wildman–Crippen MR) is 128 cm³/mol. The fraction of sp³-hybridized carbons (Fsp3) is 0.227. The van der Waals surface area contributed by atoms with E-state index in [0.29, 0.717) is 32.2 Å². The van der Waals surface area contributed by atoms with Crippen LogP contribution in [0.5, 0.6) is 0 Å². The van der Waals surface area contributed by atoms with Crippen LogP contribution >= 0.6 is 47.2 Å². The van der Waals surface area contributed by atoms with Gasteiger partial charge in [-0.25, -0.2) is 0 Å². The van der Waals surface area contributed by atoms with E-state index >= 15 is 0 Å². The molecule has 0 aromatic heterocycles. The fourth-order valence-corrected chi connectivity index (χ4v) is 4.91. The monoisotopic (exact) mass is 479 g/mol. The highest BCUT2D eigenvalue weighted by atomic mass is 35.5. The van der Waals surface area contributed by atoms with E-state index in [4.69, 9.17) is 40.5 Å². The Balaban J connectivity index is 1.70. The van der Waals surface area contributed by atoms with Crippen molar-refractivity contribution >= 4 is 69.5 Å². The van der Waals surface area contributed by atoms with Crippen LogP contribution in [0.15, 0.2) is 47.4 Å². The minimum Gasteiger partial charge on any atom is -0.481 e. The third-order valence-corrected chi connectivity index (χ3v) is 6.50. The highest BCUT2D eigenvalue weighted by Crippen LogP contribution is 2.34. The van der Waals surface area contributed by atoms with Crippen LogP contribution in [0, 0.1) is 0 Å². The number of thiocarbonyl (C=S) groups is 1. The largest absolute Gasteiger partial charge is 0.481 e. The lowest BCUT2D eigenvalue weighted by Gasteiger charge is -2.13. The van der Waals surface area contributed by atoms with Gasteiger partial charge < -0.3 is 5.11 Å². The summed E-state index contributed by atoms with van der Waals surface area (Å²) >= 11 is 19.0. The van der Waals surface area contributed by atoms with Gasteiger partial charge in [0.25, 0.3) is 5.91 Å². The van der Waals surface area contributed by atoms with Crippen LogP contribution in [0.25, 0.3) is 17.2 Å². The predicted octanol–water partition coefficient (Wildman–Crippen LogP) is 6.51. The maximum atomic E-state index is 12.8. The van der Waals surface area contributed by atoms with E-state index in [1.54, 1.807) is 17.0 Å². The van der Waals surface area contributed by atoms with Crippen molar-refractivity contribution < 1.29 is 14.7 Å². The summed E-state index contributed by atoms with van der Waals surface area (Å²) in [5.74, 6) is -0.913. The quantitative estimate of drug-likeness (QED) is 0.265. The molecule has 0 bridgehead atoms. The smallest absolute Gasteiger partial charge is 0.303 e. The molecule has 1 N–H and O–H groups in total. The Bertz CT molecular complexity index is 1020. The van der Waals surface area contributed by atoms with Crippen LogP contribution in [0.4, 0.5) is 0 Å². The summed E-state index contributed by atoms with van der Waals surface area (Å²) in [6.07, 6.45) is 4.03. The summed E-state index contributed by atoms with van der Waals surface area (Å²) in [6.45, 7) is 0.502. The third kappa shape index (κ3) is 5.85. The van der Waals surface area contributed by atoms with Crippen LogP contribution in [-0.4, -0.2) is 32.7 Å². The average molecular weight is 480 g/mol. The molecule has 156 valence electrons. The van der Waals surface area contributed by atoms with Crippen molar-refractivity contribution in [1.82, 2.24) is 4.90 Å². The molecule has 0 spiro atoms. The van der Waals surface area contributed by atoms with Gasteiger partial charge >= 0.3 is 5.97 Å². The van der Waals surface area contributed by atoms with Gasteiger partial charge in [0, 0.05) is 28.6 Å². The molecule has 0 unspecified atom stereocenters. The topological polar surface area (TPSA) is 57.6 Å². The number of hydrogen-bond acceptors (Lipinski definition) is 4. The van der Waals surface area contributed by atoms with Gasteiger partial charge in [0.2, 0.25) is 0 Å². The summed E-state index contributed by atoms with van der Waals surface area (Å²) in [6, 6.07) is 13.1. The second-order valence-corrected chi connectivity index (χ2v) is 9.31. The van der Waals surface area contributed by atoms with Crippen molar-refractivity contribution in [2.45, 2.75) is 25.7 Å². The third-order valence-electron chi connectivity index (χ3n) is 4.57. The normalized spacial score (nSPS) is 15.3. The highest BCUT2D eigenvalue weighted by molar-refractivity contribution is 8.26. The lowest BCUT2D eigenvalue weighted by atomic mass is 10.0. The zero-order chi connectivity index (χ0) is 21.7. The molecule has 1 aliphatic rings. The Kier molecular flexibility index (Phi) is 7.94. The van der Waals surface area contributed by atoms with E-state index in [9.17, 15) is 9.59 Å². The number of nitrogens with zero attached hydrogens (tertiary/aromatic N) is 1. The number of carbonyl (C=O) groups is 2. The molecular weight excluding hydrogens is 461 g/mol. The van der Waals surface area contributed by atoms with Gasteiger partial charge in [-0.05, 0) is 48.2 Å². The number of halogens is 2. The molecule has 3 rings (SSSR count). The summed E-state index contributed by atoms with van der Waals surface area (Å²) in [5, 5.41) is 9.83. The Hall–Kier alpha value is -1.86. The number of aliphatic carboxylic acids is 1. The SMILES string of the molecule is O=C(O)CCCCCN1C(=O)/C(=C/c2cccc(-c3ccc(Cl)cc3Cl)c2)SC1=S. The minimum atomic E-state index is -0.800. The molecule has 0 radical (unpaired) electrons. The number of benzene rings is 2. The number of hydrogen-bond donors (Lipinski definition) is 1. The standard InChI is InChI=1S/C22H19Cl2NO3S2/c23-16-8-9-17(18(24)13-16)15-6-4-5-14(11-15)12-19-21(28)25(22(29)30-19)10-3-1-2-7-20(26)27/h4-6,8-9,11-13H,1-3,7,10H2,(H,26,27)/b19-12-. The van der Waals surface area contributed by atoms with E-state index in [1.165, 1.54) is 11.8 Å². The Labute approximate surface area is 194 Å². The molecule has 8 heteroatoms. The van der Waals surface area contributed by atoms with E-state index in [1.807, 2.05) is 36.4 Å². The second-order valence-electron chi connectivity index (χ2n) is 6.79. The molecule has 4 nitrogen and oxygen atoms in total. The first-order chi connectivity index (χ1) is 14.3. The van der Waals surface area contributed by atoms with Gasteiger partial charge in [0.1, 0.15) is 4.32 Å². The average Bonchev–Trinajstić information content (AvgIpc) is 2.95. The van der Waals surface area contributed by atoms with Gasteiger partial charge in [-0.15, -0.1) is 0 Å². The zero-order valence-corrected chi connectivity index (χ0v) is 19.1. The summed E-state index contributed by atoms with van der Waals surface area (Å²) < 4.78 is 0.529. The number of thioether (sulfide) groups is 1. The summed E-state index contributed by atoms with van der Waals surface area (Å²) in [7, 11) is 0. The molecule has 2 aromatic carbocycles. The molecule has 30 heavy (non-hydrogen) atoms. The van der Waals surface area contributed by atoms with Crippen LogP contribution in [0.1, 0.15) is 31.2 Å². The van der Waals surface area contributed by atoms with Crippen LogP contribution in [-0.2, 0) is 9.59 Å². The Morgan fingerprint density at radius 1 is 1.13 bits per heavy atom. The first kappa shape index (κ1) is 22.8. The van der Waals surface area contributed by atoms with Crippen molar-refractivity contribution in [3.05, 3.63) is 63.0 Å². The van der Waals surface area contributed by atoms with Crippen molar-refractivity contribution in [1.29, 1.82) is 0 Å². The summed E-state index contributed by atoms with van der Waals surface area (Å²) in [5.41, 5.74) is 2.67. The van der Waals surface area contributed by atoms with Crippen molar-refractivity contribution in [2.75, 3.05) is 6.54 Å². The lowest BCUT2D eigenvalue weighted by molar-refractivity contribution is -0.137. The molecule has 2 aromatic rings. The second kappa shape index (κ2) is 10.4. The Morgan fingerprint density at radius 3 is 2.67 bits per heavy atom. The van der Waals surface area contributed by atoms with Gasteiger partial charge in [0.15, 0.2) is 0 Å². The van der Waals surface area contributed by atoms with E-state index in [2.05, 4.69) is 0 Å². The number of carbonyl (C=O) groups excluding carboxylic acids is 1. The lowest BCUT2D eigenvalue weighted by Crippen LogP contribution is -2.29. The zero-order valence-electron chi connectivity index (χ0n) is 15.9. The fourth-order valence-electron chi connectivity index (χ4n) is 3.09. The van der Waals surface area contributed by atoms with Gasteiger partial charge in [-0.2, -0.15) is 0 Å². The van der Waals surface area contributed by atoms with Crippen LogP contribution < -0.4 is 0 Å². The maximum Gasteiger partial charge on any atom is 0.303 e. The maximum absolute atomic E-state index is 12.8. The molecule has 1 amide bonds. The molecule has 1 aliphatic heterocycles. The van der Waals surface area contributed by atoms with E-state index < -0.39 is 5.97 Å². The first-order valence-corrected chi connectivity index (χ1v) is 11.4. The number of amides is 1. The van der Waals surface area contributed by atoms with Crippen molar-refractivity contribution in [3.8, 4) is 11.1 Å². The van der Waals surface area contributed by atoms with E-state index in [0.717, 1.165) is 29.5 Å². The highest BCUT2D eigenvalue weighted by Gasteiger charge is 2.31. The van der Waals surface area contributed by atoms with Crippen LogP contribution in [0.3, 0.4) is 0 Å². The van der Waals surface area contributed by atoms with Gasteiger partial charge in [-0.3, -0.25) is 14.5 Å². The molecule has 1 heterocycles. The van der Waals surface area contributed by atoms with Gasteiger partial charge in [-0.1, -0.05) is 77.9 Å². The molecule has 1 fully saturated rings. The molecule has 0 aliphatic carbocycles.